The first-order chi connectivity index (χ1) is 12.5. The fourth-order valence-corrected chi connectivity index (χ4v) is 3.41. The van der Waals surface area contributed by atoms with Crippen LogP contribution in [0.5, 0.6) is 0 Å². The molecular formula is C19H17ClN4O2. The van der Waals surface area contributed by atoms with Crippen molar-refractivity contribution in [3.63, 3.8) is 0 Å². The van der Waals surface area contributed by atoms with Crippen LogP contribution in [0.2, 0.25) is 5.02 Å². The van der Waals surface area contributed by atoms with Crippen molar-refractivity contribution in [2.45, 2.75) is 19.9 Å². The molecule has 0 saturated carbocycles. The molecule has 132 valence electrons. The van der Waals surface area contributed by atoms with E-state index in [2.05, 4.69) is 10.3 Å². The number of aromatic nitrogens is 2. The number of carbonyl (C=O) groups is 2. The van der Waals surface area contributed by atoms with Crippen LogP contribution in [-0.2, 0) is 17.8 Å². The minimum absolute atomic E-state index is 0.0212. The molecule has 0 fully saturated rings. The average Bonchev–Trinajstić information content (AvgIpc) is 3.22. The molecule has 0 aliphatic carbocycles. The number of carbonyl (C=O) groups excluding carboxylic acids is 2. The summed E-state index contributed by atoms with van der Waals surface area (Å²) in [6.07, 6.45) is 4.38. The van der Waals surface area contributed by atoms with Gasteiger partial charge in [-0.1, -0.05) is 11.6 Å². The second kappa shape index (κ2) is 6.46. The second-order valence-corrected chi connectivity index (χ2v) is 6.73. The lowest BCUT2D eigenvalue weighted by atomic mass is 10.1. The normalized spacial score (nSPS) is 13.1. The molecule has 3 aromatic rings. The summed E-state index contributed by atoms with van der Waals surface area (Å²) in [4.78, 5) is 30.3. The Kier molecular flexibility index (Phi) is 4.12. The van der Waals surface area contributed by atoms with Gasteiger partial charge < -0.3 is 14.6 Å². The maximum atomic E-state index is 12.5. The molecule has 3 heterocycles. The molecule has 0 unspecified atom stereocenters. The molecule has 1 aromatic carbocycles. The average molecular weight is 369 g/mol. The predicted octanol–water partition coefficient (Wildman–Crippen LogP) is 2.83. The Morgan fingerprint density at radius 3 is 2.88 bits per heavy atom. The van der Waals surface area contributed by atoms with Gasteiger partial charge in [0.2, 0.25) is 5.91 Å². The predicted molar refractivity (Wildman–Crippen MR) is 99.5 cm³/mol. The Balaban J connectivity index is 1.47. The summed E-state index contributed by atoms with van der Waals surface area (Å²) >= 11 is 5.97. The van der Waals surface area contributed by atoms with E-state index in [1.165, 1.54) is 0 Å². The molecule has 0 radical (unpaired) electrons. The van der Waals surface area contributed by atoms with E-state index in [4.69, 9.17) is 11.6 Å². The molecule has 26 heavy (non-hydrogen) atoms. The molecule has 1 aliphatic heterocycles. The lowest BCUT2D eigenvalue weighted by Gasteiger charge is -2.14. The van der Waals surface area contributed by atoms with Gasteiger partial charge in [-0.2, -0.15) is 0 Å². The van der Waals surface area contributed by atoms with Crippen molar-refractivity contribution >= 4 is 34.7 Å². The monoisotopic (exact) mass is 368 g/mol. The number of pyridine rings is 1. The molecule has 0 bridgehead atoms. The van der Waals surface area contributed by atoms with E-state index in [0.717, 1.165) is 29.0 Å². The topological polar surface area (TPSA) is 66.7 Å². The van der Waals surface area contributed by atoms with Crippen LogP contribution in [0.4, 0.5) is 5.69 Å². The number of nitrogens with one attached hydrogen (secondary N) is 1. The van der Waals surface area contributed by atoms with E-state index < -0.39 is 0 Å². The molecule has 6 nitrogen and oxygen atoms in total. The Hall–Kier alpha value is -2.86. The van der Waals surface area contributed by atoms with Gasteiger partial charge in [-0.05, 0) is 42.3 Å². The largest absolute Gasteiger partial charge is 0.346 e. The Bertz CT molecular complexity index is 1030. The molecule has 0 spiro atoms. The molecule has 1 aliphatic rings. The van der Waals surface area contributed by atoms with Crippen molar-refractivity contribution < 1.29 is 9.59 Å². The third-order valence-corrected chi connectivity index (χ3v) is 4.74. The Morgan fingerprint density at radius 1 is 1.23 bits per heavy atom. The van der Waals surface area contributed by atoms with E-state index in [9.17, 15) is 9.59 Å². The first-order valence-corrected chi connectivity index (χ1v) is 8.71. The van der Waals surface area contributed by atoms with Gasteiger partial charge in [0, 0.05) is 37.1 Å². The van der Waals surface area contributed by atoms with E-state index in [-0.39, 0.29) is 11.8 Å². The summed E-state index contributed by atoms with van der Waals surface area (Å²) in [5, 5.41) is 3.52. The summed E-state index contributed by atoms with van der Waals surface area (Å²) in [5.74, 6) is -0.142. The first-order valence-electron chi connectivity index (χ1n) is 8.33. The van der Waals surface area contributed by atoms with E-state index in [1.54, 1.807) is 30.2 Å². The molecule has 2 aromatic heterocycles. The summed E-state index contributed by atoms with van der Waals surface area (Å²) < 4.78 is 1.83. The highest BCUT2D eigenvalue weighted by Gasteiger charge is 2.23. The number of fused-ring (bicyclic) bond motifs is 2. The van der Waals surface area contributed by atoms with Gasteiger partial charge in [0.25, 0.3) is 5.91 Å². The quantitative estimate of drug-likeness (QED) is 0.773. The molecule has 4 rings (SSSR count). The minimum Gasteiger partial charge on any atom is -0.346 e. The number of anilines is 1. The highest BCUT2D eigenvalue weighted by atomic mass is 35.5. The van der Waals surface area contributed by atoms with Crippen LogP contribution >= 0.6 is 11.6 Å². The number of hydrogen-bond acceptors (Lipinski definition) is 3. The summed E-state index contributed by atoms with van der Waals surface area (Å²) in [6, 6.07) is 9.05. The zero-order chi connectivity index (χ0) is 18.3. The Morgan fingerprint density at radius 2 is 2.08 bits per heavy atom. The smallest absolute Gasteiger partial charge is 0.251 e. The standard InChI is InChI=1S/C19H17ClN4O2/c1-12(25)24-7-6-13-8-14(2-4-17(13)24)19(26)21-9-16-11-23-10-15(20)3-5-18(23)22-16/h2-5,8,10-11H,6-7,9H2,1H3,(H,21,26). The maximum Gasteiger partial charge on any atom is 0.251 e. The van der Waals surface area contributed by atoms with Crippen LogP contribution in [-0.4, -0.2) is 27.7 Å². The van der Waals surface area contributed by atoms with Gasteiger partial charge in [-0.15, -0.1) is 0 Å². The second-order valence-electron chi connectivity index (χ2n) is 6.29. The van der Waals surface area contributed by atoms with Crippen molar-refractivity contribution in [2.24, 2.45) is 0 Å². The lowest BCUT2D eigenvalue weighted by Crippen LogP contribution is -2.26. The van der Waals surface area contributed by atoms with Gasteiger partial charge in [-0.25, -0.2) is 4.98 Å². The Labute approximate surface area is 155 Å². The number of imidazole rings is 1. The number of halogens is 1. The molecule has 7 heteroatoms. The number of hydrogen-bond donors (Lipinski definition) is 1. The highest BCUT2D eigenvalue weighted by molar-refractivity contribution is 6.30. The van der Waals surface area contributed by atoms with E-state index >= 15 is 0 Å². The SMILES string of the molecule is CC(=O)N1CCc2cc(C(=O)NCc3cn4cc(Cl)ccc4n3)ccc21. The van der Waals surface area contributed by atoms with Gasteiger partial charge in [-0.3, -0.25) is 9.59 Å². The molecule has 0 saturated heterocycles. The van der Waals surface area contributed by atoms with Crippen LogP contribution in [0, 0.1) is 0 Å². The summed E-state index contributed by atoms with van der Waals surface area (Å²) in [7, 11) is 0. The number of amides is 2. The van der Waals surface area contributed by atoms with Crippen molar-refractivity contribution in [3.05, 3.63) is 64.6 Å². The van der Waals surface area contributed by atoms with Crippen LogP contribution in [0.1, 0.15) is 28.5 Å². The number of benzene rings is 1. The third kappa shape index (κ3) is 3.04. The van der Waals surface area contributed by atoms with Crippen LogP contribution in [0.15, 0.2) is 42.7 Å². The highest BCUT2D eigenvalue weighted by Crippen LogP contribution is 2.28. The van der Waals surface area contributed by atoms with Crippen LogP contribution < -0.4 is 10.2 Å². The van der Waals surface area contributed by atoms with Gasteiger partial charge in [0.1, 0.15) is 5.65 Å². The first kappa shape index (κ1) is 16.6. The number of nitrogens with zero attached hydrogens (tertiary/aromatic N) is 3. The third-order valence-electron chi connectivity index (χ3n) is 4.51. The fraction of sp³-hybridized carbons (Fsp3) is 0.211. The fourth-order valence-electron chi connectivity index (χ4n) is 3.25. The summed E-state index contributed by atoms with van der Waals surface area (Å²) in [5.41, 5.74) is 4.03. The molecular weight excluding hydrogens is 352 g/mol. The summed E-state index contributed by atoms with van der Waals surface area (Å²) in [6.45, 7) is 2.55. The van der Waals surface area contributed by atoms with Crippen LogP contribution in [0.25, 0.3) is 5.65 Å². The molecule has 1 N–H and O–H groups in total. The van der Waals surface area contributed by atoms with Gasteiger partial charge in [0.15, 0.2) is 0 Å². The van der Waals surface area contributed by atoms with Crippen LogP contribution in [0.3, 0.4) is 0 Å². The van der Waals surface area contributed by atoms with Crippen molar-refractivity contribution in [2.75, 3.05) is 11.4 Å². The zero-order valence-electron chi connectivity index (χ0n) is 14.2. The lowest BCUT2D eigenvalue weighted by molar-refractivity contribution is -0.116. The molecule has 0 atom stereocenters. The van der Waals surface area contributed by atoms with E-state index in [0.29, 0.717) is 23.7 Å². The minimum atomic E-state index is -0.163. The number of rotatable bonds is 3. The van der Waals surface area contributed by atoms with Crippen molar-refractivity contribution in [3.8, 4) is 0 Å². The van der Waals surface area contributed by atoms with Crippen molar-refractivity contribution in [1.29, 1.82) is 0 Å². The maximum absolute atomic E-state index is 12.5. The van der Waals surface area contributed by atoms with Gasteiger partial charge in [0.05, 0.1) is 17.3 Å². The zero-order valence-corrected chi connectivity index (χ0v) is 15.0. The van der Waals surface area contributed by atoms with E-state index in [1.807, 2.05) is 28.8 Å². The van der Waals surface area contributed by atoms with Crippen molar-refractivity contribution in [1.82, 2.24) is 14.7 Å². The molecule has 2 amide bonds. The van der Waals surface area contributed by atoms with Gasteiger partial charge >= 0.3 is 0 Å².